The maximum Gasteiger partial charge on any atom is 0.258 e. The van der Waals surface area contributed by atoms with Crippen molar-refractivity contribution in [3.8, 4) is 5.75 Å². The molecule has 0 aliphatic heterocycles. The van der Waals surface area contributed by atoms with E-state index in [0.717, 1.165) is 10.9 Å². The van der Waals surface area contributed by atoms with Crippen molar-refractivity contribution in [2.45, 2.75) is 12.5 Å². The van der Waals surface area contributed by atoms with Crippen molar-refractivity contribution in [2.75, 3.05) is 27.2 Å². The van der Waals surface area contributed by atoms with Gasteiger partial charge in [0.2, 0.25) is 0 Å². The number of hydrogen-bond acceptors (Lipinski definition) is 2. The van der Waals surface area contributed by atoms with Crippen molar-refractivity contribution in [2.24, 2.45) is 0 Å². The van der Waals surface area contributed by atoms with E-state index < -0.39 is 0 Å². The van der Waals surface area contributed by atoms with Crippen LogP contribution in [0.1, 0.15) is 5.56 Å². The molecule has 1 amide bonds. The van der Waals surface area contributed by atoms with Crippen LogP contribution in [0.5, 0.6) is 5.75 Å². The number of nitrogens with one attached hydrogen (secondary N) is 2. The van der Waals surface area contributed by atoms with Crippen LogP contribution in [0.3, 0.4) is 0 Å². The Kier molecular flexibility index (Phi) is 7.28. The first-order chi connectivity index (χ1) is 11.5. The van der Waals surface area contributed by atoms with E-state index in [1.54, 1.807) is 0 Å². The lowest BCUT2D eigenvalue weighted by atomic mass is 10.1. The molecule has 0 aromatic heterocycles. The number of carbonyl (C=O) groups is 1. The number of amides is 1. The third-order valence-electron chi connectivity index (χ3n) is 3.87. The molecule has 0 fully saturated rings. The van der Waals surface area contributed by atoms with Crippen molar-refractivity contribution in [1.29, 1.82) is 0 Å². The largest absolute Gasteiger partial charge is 0.484 e. The van der Waals surface area contributed by atoms with Crippen LogP contribution in [0.15, 0.2) is 59.1 Å². The minimum absolute atomic E-state index is 0.0302. The standard InChI is InChI=1S/C19H23BrN2O2/c1-22(2)17(12-15-6-4-3-5-7-15)13-21-19(23)14-24-18-10-8-16(20)9-11-18/h3-11,17H,12-14H2,1-2H3,(H,21,23)/p+1/t17-/m0/s1. The van der Waals surface area contributed by atoms with Crippen molar-refractivity contribution in [3.05, 3.63) is 64.6 Å². The number of carbonyl (C=O) groups excluding carboxylic acids is 1. The first-order valence-electron chi connectivity index (χ1n) is 8.03. The van der Waals surface area contributed by atoms with Gasteiger partial charge in [-0.15, -0.1) is 0 Å². The maximum absolute atomic E-state index is 12.0. The zero-order chi connectivity index (χ0) is 17.4. The Balaban J connectivity index is 1.78. The molecule has 2 rings (SSSR count). The molecule has 2 aromatic rings. The van der Waals surface area contributed by atoms with Gasteiger partial charge in [0.25, 0.3) is 5.91 Å². The molecule has 1 atom stereocenters. The van der Waals surface area contributed by atoms with Crippen LogP contribution in [0, 0.1) is 0 Å². The number of ether oxygens (including phenoxy) is 1. The zero-order valence-electron chi connectivity index (χ0n) is 14.1. The fourth-order valence-electron chi connectivity index (χ4n) is 2.35. The number of likely N-dealkylation sites (N-methyl/N-ethyl adjacent to an activating group) is 1. The Morgan fingerprint density at radius 2 is 1.79 bits per heavy atom. The first-order valence-corrected chi connectivity index (χ1v) is 8.83. The summed E-state index contributed by atoms with van der Waals surface area (Å²) < 4.78 is 6.48. The van der Waals surface area contributed by atoms with E-state index in [9.17, 15) is 4.79 Å². The molecular formula is C19H24BrN2O2+. The first kappa shape index (κ1) is 18.5. The van der Waals surface area contributed by atoms with Gasteiger partial charge in [0.05, 0.1) is 20.6 Å². The van der Waals surface area contributed by atoms with Crippen molar-refractivity contribution < 1.29 is 14.4 Å². The predicted octanol–water partition coefficient (Wildman–Crippen LogP) is 1.70. The van der Waals surface area contributed by atoms with Crippen LogP contribution in [-0.4, -0.2) is 39.2 Å². The van der Waals surface area contributed by atoms with E-state index in [0.29, 0.717) is 18.3 Å². The Bertz CT molecular complexity index is 630. The molecule has 0 spiro atoms. The van der Waals surface area contributed by atoms with Crippen LogP contribution < -0.4 is 15.0 Å². The Labute approximate surface area is 151 Å². The van der Waals surface area contributed by atoms with Crippen LogP contribution >= 0.6 is 15.9 Å². The third kappa shape index (κ3) is 6.34. The normalized spacial score (nSPS) is 12.0. The van der Waals surface area contributed by atoms with Gasteiger partial charge in [0, 0.05) is 10.9 Å². The highest BCUT2D eigenvalue weighted by atomic mass is 79.9. The SMILES string of the molecule is C[NH+](C)[C@H](CNC(=O)COc1ccc(Br)cc1)Cc1ccccc1. The van der Waals surface area contributed by atoms with Crippen LogP contribution in [0.2, 0.25) is 0 Å². The number of quaternary nitrogens is 1. The summed E-state index contributed by atoms with van der Waals surface area (Å²) in [6.07, 6.45) is 0.928. The molecule has 0 aliphatic rings. The predicted molar refractivity (Wildman–Crippen MR) is 99.4 cm³/mol. The highest BCUT2D eigenvalue weighted by Gasteiger charge is 2.17. The summed E-state index contributed by atoms with van der Waals surface area (Å²) in [5.74, 6) is 0.588. The Hall–Kier alpha value is -1.85. The van der Waals surface area contributed by atoms with E-state index in [4.69, 9.17) is 4.74 Å². The molecular weight excluding hydrogens is 368 g/mol. The monoisotopic (exact) mass is 391 g/mol. The molecule has 4 nitrogen and oxygen atoms in total. The van der Waals surface area contributed by atoms with Gasteiger partial charge in [-0.05, 0) is 29.8 Å². The molecule has 0 radical (unpaired) electrons. The van der Waals surface area contributed by atoms with Gasteiger partial charge in [-0.2, -0.15) is 0 Å². The summed E-state index contributed by atoms with van der Waals surface area (Å²) in [5, 5.41) is 2.97. The molecule has 24 heavy (non-hydrogen) atoms. The lowest BCUT2D eigenvalue weighted by molar-refractivity contribution is -0.884. The Morgan fingerprint density at radius 1 is 1.12 bits per heavy atom. The van der Waals surface area contributed by atoms with Gasteiger partial charge in [0.1, 0.15) is 11.8 Å². The average Bonchev–Trinajstić information content (AvgIpc) is 2.58. The molecule has 2 aromatic carbocycles. The van der Waals surface area contributed by atoms with Crippen LogP contribution in [0.4, 0.5) is 0 Å². The lowest BCUT2D eigenvalue weighted by Gasteiger charge is -2.22. The van der Waals surface area contributed by atoms with E-state index in [2.05, 4.69) is 47.5 Å². The van der Waals surface area contributed by atoms with Gasteiger partial charge in [0.15, 0.2) is 6.61 Å². The number of rotatable bonds is 8. The van der Waals surface area contributed by atoms with Gasteiger partial charge in [-0.3, -0.25) is 4.79 Å². The molecule has 0 heterocycles. The molecule has 0 bridgehead atoms. The Morgan fingerprint density at radius 3 is 2.42 bits per heavy atom. The van der Waals surface area contributed by atoms with E-state index in [1.165, 1.54) is 10.5 Å². The number of benzene rings is 2. The van der Waals surface area contributed by atoms with Crippen LogP contribution in [-0.2, 0) is 11.2 Å². The number of hydrogen-bond donors (Lipinski definition) is 2. The van der Waals surface area contributed by atoms with Gasteiger partial charge in [-0.1, -0.05) is 46.3 Å². The van der Waals surface area contributed by atoms with Crippen LogP contribution in [0.25, 0.3) is 0 Å². The minimum Gasteiger partial charge on any atom is -0.484 e. The summed E-state index contributed by atoms with van der Waals surface area (Å²) >= 11 is 3.37. The van der Waals surface area contributed by atoms with Gasteiger partial charge < -0.3 is 15.0 Å². The topological polar surface area (TPSA) is 42.8 Å². The zero-order valence-corrected chi connectivity index (χ0v) is 15.7. The molecule has 0 saturated carbocycles. The second kappa shape index (κ2) is 9.45. The molecule has 5 heteroatoms. The summed E-state index contributed by atoms with van der Waals surface area (Å²) in [5.41, 5.74) is 1.28. The molecule has 2 N–H and O–H groups in total. The second-order valence-corrected chi connectivity index (χ2v) is 6.93. The van der Waals surface area contributed by atoms with Crippen molar-refractivity contribution in [1.82, 2.24) is 5.32 Å². The average molecular weight is 392 g/mol. The fraction of sp³-hybridized carbons (Fsp3) is 0.316. The molecule has 0 saturated heterocycles. The second-order valence-electron chi connectivity index (χ2n) is 6.01. The lowest BCUT2D eigenvalue weighted by Crippen LogP contribution is -3.11. The minimum atomic E-state index is -0.0998. The van der Waals surface area contributed by atoms with E-state index >= 15 is 0 Å². The smallest absolute Gasteiger partial charge is 0.258 e. The summed E-state index contributed by atoms with van der Waals surface area (Å²) in [7, 11) is 4.22. The quantitative estimate of drug-likeness (QED) is 0.718. The third-order valence-corrected chi connectivity index (χ3v) is 4.40. The van der Waals surface area contributed by atoms with Gasteiger partial charge in [-0.25, -0.2) is 0 Å². The molecule has 128 valence electrons. The van der Waals surface area contributed by atoms with Crippen molar-refractivity contribution >= 4 is 21.8 Å². The highest BCUT2D eigenvalue weighted by Crippen LogP contribution is 2.15. The maximum atomic E-state index is 12.0. The fourth-order valence-corrected chi connectivity index (χ4v) is 2.61. The van der Waals surface area contributed by atoms with Gasteiger partial charge >= 0.3 is 0 Å². The summed E-state index contributed by atoms with van der Waals surface area (Å²) in [4.78, 5) is 13.3. The van der Waals surface area contributed by atoms with E-state index in [1.807, 2.05) is 42.5 Å². The highest BCUT2D eigenvalue weighted by molar-refractivity contribution is 9.10. The summed E-state index contributed by atoms with van der Waals surface area (Å²) in [6.45, 7) is 0.655. The van der Waals surface area contributed by atoms with Crippen molar-refractivity contribution in [3.63, 3.8) is 0 Å². The molecule has 0 unspecified atom stereocenters. The molecule has 0 aliphatic carbocycles. The van der Waals surface area contributed by atoms with E-state index in [-0.39, 0.29) is 12.5 Å². The summed E-state index contributed by atoms with van der Waals surface area (Å²) in [6, 6.07) is 18.1. The number of halogens is 1.